The molecular formula is C10H17NO5. The molecule has 0 aromatic carbocycles. The van der Waals surface area contributed by atoms with Gasteiger partial charge in [0.15, 0.2) is 0 Å². The number of amides is 1. The molecule has 0 saturated carbocycles. The second-order valence-corrected chi connectivity index (χ2v) is 3.93. The molecule has 0 aliphatic heterocycles. The molecule has 0 saturated heterocycles. The van der Waals surface area contributed by atoms with Crippen molar-refractivity contribution in [3.8, 4) is 0 Å². The molecule has 0 aliphatic carbocycles. The molecule has 0 aromatic heterocycles. The SMILES string of the molecule is C=CCOC(=O)N(CC(=O)O)CC(C)(C)O. The Morgan fingerprint density at radius 2 is 2.06 bits per heavy atom. The molecule has 0 spiro atoms. The molecule has 6 heteroatoms. The van der Waals surface area contributed by atoms with Crippen LogP contribution in [0.3, 0.4) is 0 Å². The van der Waals surface area contributed by atoms with Crippen LogP contribution in [-0.2, 0) is 9.53 Å². The van der Waals surface area contributed by atoms with E-state index in [4.69, 9.17) is 9.84 Å². The maximum absolute atomic E-state index is 11.4. The molecular weight excluding hydrogens is 214 g/mol. The van der Waals surface area contributed by atoms with Crippen molar-refractivity contribution in [3.05, 3.63) is 12.7 Å². The highest BCUT2D eigenvalue weighted by molar-refractivity contribution is 5.76. The van der Waals surface area contributed by atoms with Crippen LogP contribution in [0.1, 0.15) is 13.8 Å². The van der Waals surface area contributed by atoms with Gasteiger partial charge in [-0.3, -0.25) is 9.69 Å². The van der Waals surface area contributed by atoms with E-state index in [0.29, 0.717) is 0 Å². The van der Waals surface area contributed by atoms with E-state index in [9.17, 15) is 14.7 Å². The quantitative estimate of drug-likeness (QED) is 0.649. The Labute approximate surface area is 94.1 Å². The predicted octanol–water partition coefficient (Wildman–Crippen LogP) is 0.467. The maximum atomic E-state index is 11.4. The smallest absolute Gasteiger partial charge is 0.410 e. The topological polar surface area (TPSA) is 87.1 Å². The van der Waals surface area contributed by atoms with Crippen molar-refractivity contribution in [3.63, 3.8) is 0 Å². The van der Waals surface area contributed by atoms with Gasteiger partial charge >= 0.3 is 12.1 Å². The van der Waals surface area contributed by atoms with Crippen LogP contribution in [0.5, 0.6) is 0 Å². The number of nitrogens with zero attached hydrogens (tertiary/aromatic N) is 1. The molecule has 0 bridgehead atoms. The third kappa shape index (κ3) is 6.83. The largest absolute Gasteiger partial charge is 0.480 e. The molecule has 0 atom stereocenters. The minimum absolute atomic E-state index is 0.000803. The first-order valence-corrected chi connectivity index (χ1v) is 4.73. The summed E-state index contributed by atoms with van der Waals surface area (Å²) >= 11 is 0. The van der Waals surface area contributed by atoms with Gasteiger partial charge in [-0.1, -0.05) is 12.7 Å². The van der Waals surface area contributed by atoms with E-state index in [0.717, 1.165) is 4.90 Å². The summed E-state index contributed by atoms with van der Waals surface area (Å²) in [5.74, 6) is -1.17. The number of carboxylic acids is 1. The van der Waals surface area contributed by atoms with Crippen LogP contribution in [0.4, 0.5) is 4.79 Å². The number of rotatable bonds is 6. The molecule has 16 heavy (non-hydrogen) atoms. The summed E-state index contributed by atoms with van der Waals surface area (Å²) < 4.78 is 4.69. The number of aliphatic carboxylic acids is 1. The number of carbonyl (C=O) groups excluding carboxylic acids is 1. The van der Waals surface area contributed by atoms with Crippen LogP contribution < -0.4 is 0 Å². The van der Waals surface area contributed by atoms with Crippen molar-refractivity contribution in [1.82, 2.24) is 4.90 Å². The molecule has 0 heterocycles. The minimum Gasteiger partial charge on any atom is -0.480 e. The lowest BCUT2D eigenvalue weighted by Crippen LogP contribution is -2.44. The van der Waals surface area contributed by atoms with E-state index >= 15 is 0 Å². The zero-order valence-electron chi connectivity index (χ0n) is 9.47. The van der Waals surface area contributed by atoms with Gasteiger partial charge in [0, 0.05) is 0 Å². The van der Waals surface area contributed by atoms with Crippen molar-refractivity contribution in [2.45, 2.75) is 19.4 Å². The Morgan fingerprint density at radius 3 is 2.44 bits per heavy atom. The van der Waals surface area contributed by atoms with Gasteiger partial charge in [0.25, 0.3) is 0 Å². The van der Waals surface area contributed by atoms with Crippen molar-refractivity contribution < 1.29 is 24.5 Å². The highest BCUT2D eigenvalue weighted by Crippen LogP contribution is 2.06. The van der Waals surface area contributed by atoms with Crippen molar-refractivity contribution in [1.29, 1.82) is 0 Å². The number of aliphatic hydroxyl groups is 1. The van der Waals surface area contributed by atoms with Crippen LogP contribution in [0.2, 0.25) is 0 Å². The van der Waals surface area contributed by atoms with Gasteiger partial charge in [-0.2, -0.15) is 0 Å². The third-order valence-corrected chi connectivity index (χ3v) is 1.49. The highest BCUT2D eigenvalue weighted by Gasteiger charge is 2.25. The van der Waals surface area contributed by atoms with E-state index in [-0.39, 0.29) is 13.2 Å². The second kappa shape index (κ2) is 6.12. The first kappa shape index (κ1) is 14.4. The monoisotopic (exact) mass is 231 g/mol. The summed E-state index contributed by atoms with van der Waals surface area (Å²) in [5, 5.41) is 18.1. The lowest BCUT2D eigenvalue weighted by Gasteiger charge is -2.26. The van der Waals surface area contributed by atoms with Crippen molar-refractivity contribution in [2.24, 2.45) is 0 Å². The molecule has 0 fully saturated rings. The van der Waals surface area contributed by atoms with Gasteiger partial charge in [0.2, 0.25) is 0 Å². The Morgan fingerprint density at radius 1 is 1.50 bits per heavy atom. The number of ether oxygens (including phenoxy) is 1. The summed E-state index contributed by atoms with van der Waals surface area (Å²) in [7, 11) is 0. The summed E-state index contributed by atoms with van der Waals surface area (Å²) in [6.45, 7) is 5.69. The molecule has 92 valence electrons. The lowest BCUT2D eigenvalue weighted by molar-refractivity contribution is -0.138. The number of hydrogen-bond acceptors (Lipinski definition) is 4. The molecule has 1 amide bonds. The Balaban J connectivity index is 4.46. The van der Waals surface area contributed by atoms with E-state index in [1.165, 1.54) is 19.9 Å². The van der Waals surface area contributed by atoms with Gasteiger partial charge in [0.1, 0.15) is 13.2 Å². The number of carboxylic acid groups (broad SMARTS) is 1. The first-order chi connectivity index (χ1) is 7.26. The van der Waals surface area contributed by atoms with Gasteiger partial charge < -0.3 is 14.9 Å². The molecule has 0 radical (unpaired) electrons. The Bertz CT molecular complexity index is 269. The van der Waals surface area contributed by atoms with Gasteiger partial charge in [0.05, 0.1) is 12.1 Å². The molecule has 0 unspecified atom stereocenters. The molecule has 0 rings (SSSR count). The normalized spacial score (nSPS) is 10.7. The molecule has 0 aromatic rings. The van der Waals surface area contributed by atoms with Crippen LogP contribution in [0, 0.1) is 0 Å². The van der Waals surface area contributed by atoms with E-state index in [1.807, 2.05) is 0 Å². The predicted molar refractivity (Wildman–Crippen MR) is 57.1 cm³/mol. The average Bonchev–Trinajstić information content (AvgIpc) is 2.10. The summed E-state index contributed by atoms with van der Waals surface area (Å²) in [6, 6.07) is 0. The zero-order valence-corrected chi connectivity index (χ0v) is 9.47. The first-order valence-electron chi connectivity index (χ1n) is 4.73. The van der Waals surface area contributed by atoms with Crippen LogP contribution >= 0.6 is 0 Å². The van der Waals surface area contributed by atoms with Gasteiger partial charge in [-0.05, 0) is 13.8 Å². The molecule has 6 nitrogen and oxygen atoms in total. The summed E-state index contributed by atoms with van der Waals surface area (Å²) in [4.78, 5) is 22.8. The van der Waals surface area contributed by atoms with E-state index < -0.39 is 24.2 Å². The van der Waals surface area contributed by atoms with Crippen molar-refractivity contribution in [2.75, 3.05) is 19.7 Å². The average molecular weight is 231 g/mol. The van der Waals surface area contributed by atoms with Gasteiger partial charge in [-0.15, -0.1) is 0 Å². The molecule has 0 aliphatic rings. The highest BCUT2D eigenvalue weighted by atomic mass is 16.6. The fourth-order valence-electron chi connectivity index (χ4n) is 1.04. The lowest BCUT2D eigenvalue weighted by atomic mass is 10.1. The molecule has 2 N–H and O–H groups in total. The maximum Gasteiger partial charge on any atom is 0.410 e. The second-order valence-electron chi connectivity index (χ2n) is 3.93. The fourth-order valence-corrected chi connectivity index (χ4v) is 1.04. The van der Waals surface area contributed by atoms with Crippen LogP contribution in [0.25, 0.3) is 0 Å². The fraction of sp³-hybridized carbons (Fsp3) is 0.600. The number of carbonyl (C=O) groups is 2. The Kier molecular flexibility index (Phi) is 5.52. The minimum atomic E-state index is -1.18. The summed E-state index contributed by atoms with van der Waals surface area (Å²) in [6.07, 6.45) is 0.588. The van der Waals surface area contributed by atoms with Crippen LogP contribution in [-0.4, -0.2) is 52.5 Å². The summed E-state index contributed by atoms with van der Waals surface area (Å²) in [5.41, 5.74) is -1.18. The zero-order chi connectivity index (χ0) is 12.8. The Hall–Kier alpha value is -1.56. The standard InChI is InChI=1S/C10H17NO5/c1-4-5-16-9(14)11(6-8(12)13)7-10(2,3)15/h4,15H,1,5-7H2,2-3H3,(H,12,13). The van der Waals surface area contributed by atoms with E-state index in [1.54, 1.807) is 0 Å². The number of hydrogen-bond donors (Lipinski definition) is 2. The van der Waals surface area contributed by atoms with Crippen LogP contribution in [0.15, 0.2) is 12.7 Å². The van der Waals surface area contributed by atoms with Gasteiger partial charge in [-0.25, -0.2) is 4.79 Å². The van der Waals surface area contributed by atoms with Crippen molar-refractivity contribution >= 4 is 12.1 Å². The third-order valence-electron chi connectivity index (χ3n) is 1.49. The van der Waals surface area contributed by atoms with E-state index in [2.05, 4.69) is 6.58 Å².